The zero-order chi connectivity index (χ0) is 20.7. The highest BCUT2D eigenvalue weighted by molar-refractivity contribution is 5.99. The van der Waals surface area contributed by atoms with Gasteiger partial charge in [0.25, 0.3) is 0 Å². The Labute approximate surface area is 175 Å². The van der Waals surface area contributed by atoms with Gasteiger partial charge in [-0.15, -0.1) is 0 Å². The maximum Gasteiger partial charge on any atom is 0.337 e. The molecule has 0 saturated heterocycles. The van der Waals surface area contributed by atoms with Crippen molar-refractivity contribution >= 4 is 23.2 Å². The van der Waals surface area contributed by atoms with Crippen LogP contribution in [0.1, 0.15) is 53.9 Å². The molecule has 1 aromatic heterocycles. The molecule has 0 bridgehead atoms. The highest BCUT2D eigenvalue weighted by Gasteiger charge is 2.31. The Balaban J connectivity index is 1.83. The molecule has 0 amide bonds. The summed E-state index contributed by atoms with van der Waals surface area (Å²) >= 11 is 0. The third-order valence-corrected chi connectivity index (χ3v) is 6.47. The molecule has 0 N–H and O–H groups in total. The fourth-order valence-electron chi connectivity index (χ4n) is 5.12. The van der Waals surface area contributed by atoms with Gasteiger partial charge >= 0.3 is 5.97 Å². The average molecular weight is 403 g/mol. The van der Waals surface area contributed by atoms with E-state index in [4.69, 9.17) is 9.47 Å². The first-order valence-electron chi connectivity index (χ1n) is 10.7. The molecule has 5 rings (SSSR count). The second kappa shape index (κ2) is 7.63. The smallest absolute Gasteiger partial charge is 0.337 e. The van der Waals surface area contributed by atoms with Crippen molar-refractivity contribution in [2.75, 3.05) is 7.11 Å². The van der Waals surface area contributed by atoms with Crippen molar-refractivity contribution in [3.8, 4) is 17.0 Å². The molecule has 1 aliphatic heterocycles. The van der Waals surface area contributed by atoms with E-state index in [9.17, 15) is 9.59 Å². The first-order chi connectivity index (χ1) is 14.7. The van der Waals surface area contributed by atoms with E-state index in [1.807, 2.05) is 36.4 Å². The fourth-order valence-corrected chi connectivity index (χ4v) is 5.12. The largest absolute Gasteiger partial charge is 0.480 e. The molecule has 1 atom stereocenters. The Morgan fingerprint density at radius 3 is 2.70 bits per heavy atom. The number of carbonyl (C=O) groups excluding carboxylic acids is 2. The number of hydrogen-bond donors (Lipinski definition) is 0. The second-order valence-corrected chi connectivity index (χ2v) is 8.22. The summed E-state index contributed by atoms with van der Waals surface area (Å²) in [6, 6.07) is 13.7. The predicted octanol–water partition coefficient (Wildman–Crippen LogP) is 5.10. The molecular weight excluding hydrogens is 378 g/mol. The van der Waals surface area contributed by atoms with Crippen molar-refractivity contribution in [3.63, 3.8) is 0 Å². The number of para-hydroxylation sites is 1. The maximum atomic E-state index is 12.2. The summed E-state index contributed by atoms with van der Waals surface area (Å²) in [5.41, 5.74) is 4.93. The van der Waals surface area contributed by atoms with E-state index >= 15 is 0 Å². The first-order valence-corrected chi connectivity index (χ1v) is 10.7. The SMILES string of the molecule is COC(=O)c1ccc2c(C3CCCCC3)c3n(c2c1)CC(C=O)Oc1ccccc1-3. The van der Waals surface area contributed by atoms with Gasteiger partial charge in [-0.2, -0.15) is 0 Å². The monoisotopic (exact) mass is 403 g/mol. The minimum Gasteiger partial charge on any atom is -0.480 e. The summed E-state index contributed by atoms with van der Waals surface area (Å²) in [6.07, 6.45) is 6.34. The van der Waals surface area contributed by atoms with Gasteiger partial charge in [-0.25, -0.2) is 4.79 Å². The Morgan fingerprint density at radius 1 is 1.13 bits per heavy atom. The lowest BCUT2D eigenvalue weighted by molar-refractivity contribution is -0.114. The number of aromatic nitrogens is 1. The quantitative estimate of drug-likeness (QED) is 0.451. The van der Waals surface area contributed by atoms with Crippen LogP contribution in [-0.2, 0) is 16.1 Å². The van der Waals surface area contributed by atoms with E-state index in [0.717, 1.165) is 47.0 Å². The van der Waals surface area contributed by atoms with Crippen LogP contribution in [0.2, 0.25) is 0 Å². The maximum absolute atomic E-state index is 12.2. The molecule has 1 fully saturated rings. The number of rotatable bonds is 3. The van der Waals surface area contributed by atoms with Crippen LogP contribution >= 0.6 is 0 Å². The van der Waals surface area contributed by atoms with Gasteiger partial charge in [0.05, 0.1) is 24.9 Å². The molecule has 3 aromatic rings. The van der Waals surface area contributed by atoms with Gasteiger partial charge in [-0.3, -0.25) is 4.79 Å². The summed E-state index contributed by atoms with van der Waals surface area (Å²) in [5, 5.41) is 1.16. The highest BCUT2D eigenvalue weighted by atomic mass is 16.5. The molecule has 1 unspecified atom stereocenters. The molecule has 2 aliphatic rings. The van der Waals surface area contributed by atoms with Gasteiger partial charge in [0, 0.05) is 16.5 Å². The second-order valence-electron chi connectivity index (χ2n) is 8.22. The van der Waals surface area contributed by atoms with Crippen molar-refractivity contribution in [2.45, 2.75) is 50.7 Å². The molecular formula is C25H25NO4. The number of carbonyl (C=O) groups is 2. The normalized spacial score (nSPS) is 18.8. The van der Waals surface area contributed by atoms with E-state index < -0.39 is 6.10 Å². The summed E-state index contributed by atoms with van der Waals surface area (Å²) in [7, 11) is 1.39. The molecule has 0 spiro atoms. The van der Waals surface area contributed by atoms with Crippen molar-refractivity contribution in [2.24, 2.45) is 0 Å². The third-order valence-electron chi connectivity index (χ3n) is 6.47. The molecule has 2 aromatic carbocycles. The van der Waals surface area contributed by atoms with Crippen LogP contribution in [0.15, 0.2) is 42.5 Å². The van der Waals surface area contributed by atoms with E-state index in [1.165, 1.54) is 31.9 Å². The van der Waals surface area contributed by atoms with Crippen molar-refractivity contribution in [1.29, 1.82) is 0 Å². The van der Waals surface area contributed by atoms with E-state index in [-0.39, 0.29) is 5.97 Å². The molecule has 1 aliphatic carbocycles. The van der Waals surface area contributed by atoms with Crippen LogP contribution in [0.4, 0.5) is 0 Å². The van der Waals surface area contributed by atoms with E-state index in [1.54, 1.807) is 0 Å². The number of fused-ring (bicyclic) bond motifs is 5. The minimum atomic E-state index is -0.580. The number of aldehydes is 1. The van der Waals surface area contributed by atoms with Crippen LogP contribution in [0.25, 0.3) is 22.2 Å². The van der Waals surface area contributed by atoms with Crippen LogP contribution in [0.5, 0.6) is 5.75 Å². The Hall–Kier alpha value is -3.08. The lowest BCUT2D eigenvalue weighted by Gasteiger charge is -2.23. The lowest BCUT2D eigenvalue weighted by Crippen LogP contribution is -2.23. The van der Waals surface area contributed by atoms with Crippen LogP contribution in [0, 0.1) is 0 Å². The standard InChI is InChI=1S/C25H25NO4/c1-29-25(28)17-11-12-19-21(13-17)26-14-18(15-27)30-22-10-6-5-9-20(22)24(26)23(19)16-7-3-2-4-8-16/h5-6,9-13,15-16,18H,2-4,7-8,14H2,1H3. The Bertz CT molecular complexity index is 1120. The van der Waals surface area contributed by atoms with E-state index in [0.29, 0.717) is 18.0 Å². The zero-order valence-corrected chi connectivity index (χ0v) is 17.1. The summed E-state index contributed by atoms with van der Waals surface area (Å²) in [6.45, 7) is 0.418. The van der Waals surface area contributed by atoms with Crippen molar-refractivity contribution < 1.29 is 19.1 Å². The van der Waals surface area contributed by atoms with Crippen LogP contribution < -0.4 is 4.74 Å². The average Bonchev–Trinajstić information content (AvgIpc) is 3.01. The topological polar surface area (TPSA) is 57.5 Å². The zero-order valence-electron chi connectivity index (χ0n) is 17.1. The Morgan fingerprint density at radius 2 is 1.93 bits per heavy atom. The molecule has 1 saturated carbocycles. The first kappa shape index (κ1) is 18.9. The predicted molar refractivity (Wildman–Crippen MR) is 115 cm³/mol. The Kier molecular flexibility index (Phi) is 4.81. The number of ether oxygens (including phenoxy) is 2. The molecule has 0 radical (unpaired) electrons. The fraction of sp³-hybridized carbons (Fsp3) is 0.360. The van der Waals surface area contributed by atoms with Crippen molar-refractivity contribution in [3.05, 3.63) is 53.6 Å². The molecule has 2 heterocycles. The van der Waals surface area contributed by atoms with Gasteiger partial charge < -0.3 is 14.0 Å². The van der Waals surface area contributed by atoms with Gasteiger partial charge in [0.15, 0.2) is 12.4 Å². The number of methoxy groups -OCH3 is 1. The number of esters is 1. The van der Waals surface area contributed by atoms with Gasteiger partial charge in [0.2, 0.25) is 0 Å². The van der Waals surface area contributed by atoms with Gasteiger partial charge in [0.1, 0.15) is 5.75 Å². The number of hydrogen-bond acceptors (Lipinski definition) is 4. The minimum absolute atomic E-state index is 0.358. The summed E-state index contributed by atoms with van der Waals surface area (Å²) in [5.74, 6) is 0.840. The summed E-state index contributed by atoms with van der Waals surface area (Å²) < 4.78 is 13.2. The van der Waals surface area contributed by atoms with Crippen LogP contribution in [-0.4, -0.2) is 30.0 Å². The number of nitrogens with zero attached hydrogens (tertiary/aromatic N) is 1. The summed E-state index contributed by atoms with van der Waals surface area (Å²) in [4.78, 5) is 24.0. The molecule has 154 valence electrons. The van der Waals surface area contributed by atoms with E-state index in [2.05, 4.69) is 10.6 Å². The third kappa shape index (κ3) is 3.00. The molecule has 30 heavy (non-hydrogen) atoms. The van der Waals surface area contributed by atoms with Crippen LogP contribution in [0.3, 0.4) is 0 Å². The molecule has 5 heteroatoms. The van der Waals surface area contributed by atoms with Crippen molar-refractivity contribution in [1.82, 2.24) is 4.57 Å². The van der Waals surface area contributed by atoms with Gasteiger partial charge in [-0.1, -0.05) is 37.5 Å². The molecule has 5 nitrogen and oxygen atoms in total. The lowest BCUT2D eigenvalue weighted by atomic mass is 9.81. The van der Waals surface area contributed by atoms with Gasteiger partial charge in [-0.05, 0) is 48.6 Å². The number of benzene rings is 2. The highest BCUT2D eigenvalue weighted by Crippen LogP contribution is 2.47.